The van der Waals surface area contributed by atoms with Gasteiger partial charge in [-0.25, -0.2) is 0 Å². The number of anilines is 1. The molecule has 0 radical (unpaired) electrons. The summed E-state index contributed by atoms with van der Waals surface area (Å²) in [7, 11) is 0. The van der Waals surface area contributed by atoms with Crippen LogP contribution in [0.3, 0.4) is 0 Å². The van der Waals surface area contributed by atoms with E-state index < -0.39 is 0 Å². The van der Waals surface area contributed by atoms with Crippen LogP contribution in [0.15, 0.2) is 24.5 Å². The van der Waals surface area contributed by atoms with E-state index >= 15 is 0 Å². The molecule has 98 valence electrons. The van der Waals surface area contributed by atoms with Crippen LogP contribution in [0.4, 0.5) is 5.69 Å². The zero-order chi connectivity index (χ0) is 13.0. The summed E-state index contributed by atoms with van der Waals surface area (Å²) in [5, 5.41) is 2.95. The molecule has 0 spiro atoms. The Balaban J connectivity index is 1.85. The van der Waals surface area contributed by atoms with Crippen LogP contribution < -0.4 is 11.1 Å². The molecular weight excluding hydrogens is 226 g/mol. The molecule has 4 heteroatoms. The van der Waals surface area contributed by atoms with Crippen LogP contribution in [0.1, 0.15) is 32.6 Å². The minimum atomic E-state index is 0.129. The number of nitrogens with zero attached hydrogens (tertiary/aromatic N) is 1. The number of amides is 1. The number of nitrogens with two attached hydrogens (primary N) is 1. The van der Waals surface area contributed by atoms with Crippen LogP contribution in [-0.4, -0.2) is 16.9 Å². The first-order chi connectivity index (χ1) is 8.66. The molecule has 1 atom stereocenters. The first kappa shape index (κ1) is 13.0. The van der Waals surface area contributed by atoms with Gasteiger partial charge in [0.15, 0.2) is 0 Å². The normalized spacial score (nSPS) is 25.4. The Morgan fingerprint density at radius 1 is 1.33 bits per heavy atom. The molecule has 1 aliphatic carbocycles. The Kier molecular flexibility index (Phi) is 4.31. The van der Waals surface area contributed by atoms with E-state index in [4.69, 9.17) is 5.73 Å². The third-order valence-electron chi connectivity index (χ3n) is 3.83. The summed E-state index contributed by atoms with van der Waals surface area (Å²) in [5.41, 5.74) is 6.73. The SMILES string of the molecule is CC(N)[C@H]1CC[C@H](C(=O)Nc2ccncc2)CC1. The molecule has 1 saturated carbocycles. The molecule has 0 aliphatic heterocycles. The smallest absolute Gasteiger partial charge is 0.227 e. The largest absolute Gasteiger partial charge is 0.328 e. The van der Waals surface area contributed by atoms with Crippen molar-refractivity contribution in [3.05, 3.63) is 24.5 Å². The van der Waals surface area contributed by atoms with Crippen molar-refractivity contribution in [2.45, 2.75) is 38.6 Å². The fourth-order valence-corrected chi connectivity index (χ4v) is 2.59. The number of hydrogen-bond donors (Lipinski definition) is 2. The number of carbonyl (C=O) groups excluding carboxylic acids is 1. The van der Waals surface area contributed by atoms with Gasteiger partial charge in [0.05, 0.1) is 0 Å². The summed E-state index contributed by atoms with van der Waals surface area (Å²) in [6.45, 7) is 2.06. The van der Waals surface area contributed by atoms with Crippen molar-refractivity contribution in [3.8, 4) is 0 Å². The molecule has 1 aliphatic rings. The highest BCUT2D eigenvalue weighted by atomic mass is 16.1. The highest BCUT2D eigenvalue weighted by Crippen LogP contribution is 2.30. The van der Waals surface area contributed by atoms with Crippen LogP contribution in [0.25, 0.3) is 0 Å². The predicted octanol–water partition coefficient (Wildman–Crippen LogP) is 2.17. The molecule has 4 nitrogen and oxygen atoms in total. The van der Waals surface area contributed by atoms with E-state index in [1.165, 1.54) is 0 Å². The standard InChI is InChI=1S/C14H21N3O/c1-10(15)11-2-4-12(5-3-11)14(18)17-13-6-8-16-9-7-13/h6-12H,2-5,15H2,1H3,(H,16,17,18)/t10?,11-,12-. The number of hydrogen-bond acceptors (Lipinski definition) is 3. The van der Waals surface area contributed by atoms with E-state index in [1.54, 1.807) is 12.4 Å². The van der Waals surface area contributed by atoms with E-state index in [1.807, 2.05) is 12.1 Å². The minimum Gasteiger partial charge on any atom is -0.328 e. The van der Waals surface area contributed by atoms with Gasteiger partial charge < -0.3 is 11.1 Å². The van der Waals surface area contributed by atoms with Gasteiger partial charge in [-0.15, -0.1) is 0 Å². The molecule has 0 saturated heterocycles. The Morgan fingerprint density at radius 2 is 1.94 bits per heavy atom. The molecule has 1 fully saturated rings. The number of carbonyl (C=O) groups is 1. The van der Waals surface area contributed by atoms with Crippen molar-refractivity contribution >= 4 is 11.6 Å². The van der Waals surface area contributed by atoms with Gasteiger partial charge in [-0.05, 0) is 50.7 Å². The average molecular weight is 247 g/mol. The van der Waals surface area contributed by atoms with Gasteiger partial charge in [0.1, 0.15) is 0 Å². The van der Waals surface area contributed by atoms with Gasteiger partial charge >= 0.3 is 0 Å². The first-order valence-corrected chi connectivity index (χ1v) is 6.63. The lowest BCUT2D eigenvalue weighted by Gasteiger charge is -2.29. The third kappa shape index (κ3) is 3.29. The van der Waals surface area contributed by atoms with E-state index in [0.29, 0.717) is 5.92 Å². The van der Waals surface area contributed by atoms with Gasteiger partial charge in [-0.2, -0.15) is 0 Å². The lowest BCUT2D eigenvalue weighted by Crippen LogP contribution is -2.33. The second-order valence-corrected chi connectivity index (χ2v) is 5.20. The fraction of sp³-hybridized carbons (Fsp3) is 0.571. The Bertz CT molecular complexity index is 383. The fourth-order valence-electron chi connectivity index (χ4n) is 2.59. The molecule has 18 heavy (non-hydrogen) atoms. The maximum atomic E-state index is 12.1. The highest BCUT2D eigenvalue weighted by Gasteiger charge is 2.27. The minimum absolute atomic E-state index is 0.129. The summed E-state index contributed by atoms with van der Waals surface area (Å²) in [6.07, 6.45) is 7.38. The van der Waals surface area contributed by atoms with Crippen LogP contribution in [-0.2, 0) is 4.79 Å². The number of pyridine rings is 1. The number of rotatable bonds is 3. The Labute approximate surface area is 108 Å². The second-order valence-electron chi connectivity index (χ2n) is 5.20. The first-order valence-electron chi connectivity index (χ1n) is 6.63. The third-order valence-corrected chi connectivity index (χ3v) is 3.83. The summed E-state index contributed by atoms with van der Waals surface area (Å²) >= 11 is 0. The molecule has 0 aromatic carbocycles. The highest BCUT2D eigenvalue weighted by molar-refractivity contribution is 5.92. The molecule has 1 heterocycles. The maximum absolute atomic E-state index is 12.1. The van der Waals surface area contributed by atoms with Crippen molar-refractivity contribution in [2.75, 3.05) is 5.32 Å². The molecule has 1 amide bonds. The molecule has 1 unspecified atom stereocenters. The van der Waals surface area contributed by atoms with Gasteiger partial charge in [-0.3, -0.25) is 9.78 Å². The Hall–Kier alpha value is -1.42. The van der Waals surface area contributed by atoms with Crippen molar-refractivity contribution < 1.29 is 4.79 Å². The lowest BCUT2D eigenvalue weighted by molar-refractivity contribution is -0.121. The molecular formula is C14H21N3O. The predicted molar refractivity (Wildman–Crippen MR) is 72.0 cm³/mol. The zero-order valence-electron chi connectivity index (χ0n) is 10.8. The lowest BCUT2D eigenvalue weighted by atomic mass is 9.79. The molecule has 1 aromatic rings. The van der Waals surface area contributed by atoms with Crippen LogP contribution in [0.5, 0.6) is 0 Å². The second kappa shape index (κ2) is 5.96. The zero-order valence-corrected chi connectivity index (χ0v) is 10.8. The van der Waals surface area contributed by atoms with E-state index in [2.05, 4.69) is 17.2 Å². The number of aromatic nitrogens is 1. The van der Waals surface area contributed by atoms with Gasteiger partial charge in [0.2, 0.25) is 5.91 Å². The molecule has 0 bridgehead atoms. The van der Waals surface area contributed by atoms with Crippen molar-refractivity contribution in [1.82, 2.24) is 4.98 Å². The van der Waals surface area contributed by atoms with E-state index in [0.717, 1.165) is 31.4 Å². The molecule has 2 rings (SSSR count). The quantitative estimate of drug-likeness (QED) is 0.860. The topological polar surface area (TPSA) is 68.0 Å². The maximum Gasteiger partial charge on any atom is 0.227 e. The van der Waals surface area contributed by atoms with Crippen molar-refractivity contribution in [2.24, 2.45) is 17.6 Å². The average Bonchev–Trinajstić information content (AvgIpc) is 2.40. The van der Waals surface area contributed by atoms with E-state index in [-0.39, 0.29) is 17.9 Å². The summed E-state index contributed by atoms with van der Waals surface area (Å²) < 4.78 is 0. The summed E-state index contributed by atoms with van der Waals surface area (Å²) in [6, 6.07) is 3.87. The van der Waals surface area contributed by atoms with Crippen LogP contribution in [0, 0.1) is 11.8 Å². The van der Waals surface area contributed by atoms with Gasteiger partial charge in [-0.1, -0.05) is 0 Å². The number of nitrogens with one attached hydrogen (secondary N) is 1. The van der Waals surface area contributed by atoms with Crippen LogP contribution in [0.2, 0.25) is 0 Å². The summed E-state index contributed by atoms with van der Waals surface area (Å²) in [4.78, 5) is 16.0. The Morgan fingerprint density at radius 3 is 2.50 bits per heavy atom. The van der Waals surface area contributed by atoms with E-state index in [9.17, 15) is 4.79 Å². The van der Waals surface area contributed by atoms with Crippen LogP contribution >= 0.6 is 0 Å². The summed E-state index contributed by atoms with van der Waals surface area (Å²) in [5.74, 6) is 0.840. The molecule has 3 N–H and O–H groups in total. The monoisotopic (exact) mass is 247 g/mol. The van der Waals surface area contributed by atoms with Crippen molar-refractivity contribution in [3.63, 3.8) is 0 Å². The molecule has 1 aromatic heterocycles. The van der Waals surface area contributed by atoms with Gasteiger partial charge in [0.25, 0.3) is 0 Å². The van der Waals surface area contributed by atoms with Crippen molar-refractivity contribution in [1.29, 1.82) is 0 Å². The van der Waals surface area contributed by atoms with Gasteiger partial charge in [0, 0.05) is 30.0 Å².